The van der Waals surface area contributed by atoms with E-state index in [9.17, 15) is 0 Å². The molecule has 0 aliphatic heterocycles. The first-order valence-corrected chi connectivity index (χ1v) is 7.03. The lowest BCUT2D eigenvalue weighted by Crippen LogP contribution is -2.07. The molecule has 20 heavy (non-hydrogen) atoms. The van der Waals surface area contributed by atoms with Gasteiger partial charge in [0.2, 0.25) is 5.28 Å². The molecule has 5 heteroatoms. The van der Waals surface area contributed by atoms with E-state index in [0.717, 1.165) is 36.3 Å². The number of nitrogens with two attached hydrogens (primary N) is 1. The van der Waals surface area contributed by atoms with Crippen LogP contribution in [-0.4, -0.2) is 16.6 Å². The van der Waals surface area contributed by atoms with Gasteiger partial charge in [-0.1, -0.05) is 12.7 Å². The molecule has 0 amide bonds. The quantitative estimate of drug-likeness (QED) is 0.341. The number of halogens is 1. The summed E-state index contributed by atoms with van der Waals surface area (Å²) in [7, 11) is 0. The van der Waals surface area contributed by atoms with Crippen LogP contribution in [0.25, 0.3) is 0 Å². The fourth-order valence-corrected chi connectivity index (χ4v) is 2.14. The van der Waals surface area contributed by atoms with E-state index in [0.29, 0.717) is 12.4 Å². The van der Waals surface area contributed by atoms with Gasteiger partial charge < -0.3 is 10.5 Å². The second kappa shape index (κ2) is 7.90. The van der Waals surface area contributed by atoms with Crippen LogP contribution in [0.4, 0.5) is 5.82 Å². The summed E-state index contributed by atoms with van der Waals surface area (Å²) in [6, 6.07) is 0. The first-order valence-electron chi connectivity index (χ1n) is 6.66. The minimum Gasteiger partial charge on any atom is -0.499 e. The molecule has 1 aromatic heterocycles. The van der Waals surface area contributed by atoms with Crippen molar-refractivity contribution in [3.8, 4) is 0 Å². The van der Waals surface area contributed by atoms with Crippen molar-refractivity contribution in [1.82, 2.24) is 9.97 Å². The average Bonchev–Trinajstić information content (AvgIpc) is 2.38. The van der Waals surface area contributed by atoms with Crippen molar-refractivity contribution < 1.29 is 4.74 Å². The van der Waals surface area contributed by atoms with Gasteiger partial charge >= 0.3 is 0 Å². The standard InChI is InChI=1S/C15H22ClN3O/c1-5-12(8-6-7-9-20-10(2)3)13-11(4)14(17)19-15(16)18-13/h5,12H,1-2,6-9H2,3-4H3,(H2,17,18,19). The van der Waals surface area contributed by atoms with E-state index in [4.69, 9.17) is 22.1 Å². The lowest BCUT2D eigenvalue weighted by molar-refractivity contribution is 0.208. The maximum atomic E-state index is 5.88. The summed E-state index contributed by atoms with van der Waals surface area (Å²) in [4.78, 5) is 8.24. The van der Waals surface area contributed by atoms with E-state index in [1.54, 1.807) is 0 Å². The monoisotopic (exact) mass is 295 g/mol. The Hall–Kier alpha value is -1.55. The van der Waals surface area contributed by atoms with Crippen molar-refractivity contribution in [3.05, 3.63) is 41.5 Å². The molecule has 1 heterocycles. The molecular formula is C15H22ClN3O. The van der Waals surface area contributed by atoms with Gasteiger partial charge in [0, 0.05) is 11.5 Å². The highest BCUT2D eigenvalue weighted by Crippen LogP contribution is 2.27. The van der Waals surface area contributed by atoms with E-state index in [-0.39, 0.29) is 11.2 Å². The van der Waals surface area contributed by atoms with Crippen molar-refractivity contribution >= 4 is 17.4 Å². The minimum absolute atomic E-state index is 0.127. The molecule has 1 unspecified atom stereocenters. The third kappa shape index (κ3) is 4.85. The number of anilines is 1. The van der Waals surface area contributed by atoms with Crippen LogP contribution in [0.5, 0.6) is 0 Å². The van der Waals surface area contributed by atoms with Crippen molar-refractivity contribution in [1.29, 1.82) is 0 Å². The molecule has 110 valence electrons. The smallest absolute Gasteiger partial charge is 0.224 e. The van der Waals surface area contributed by atoms with E-state index in [1.165, 1.54) is 0 Å². The Morgan fingerprint density at radius 2 is 2.15 bits per heavy atom. The minimum atomic E-state index is 0.127. The highest BCUT2D eigenvalue weighted by Gasteiger charge is 2.15. The van der Waals surface area contributed by atoms with Gasteiger partial charge in [-0.3, -0.25) is 0 Å². The molecule has 0 saturated carbocycles. The summed E-state index contributed by atoms with van der Waals surface area (Å²) >= 11 is 5.88. The first-order chi connectivity index (χ1) is 9.45. The predicted octanol–water partition coefficient (Wildman–Crippen LogP) is 4.01. The third-order valence-electron chi connectivity index (χ3n) is 3.09. The summed E-state index contributed by atoms with van der Waals surface area (Å²) in [5.74, 6) is 1.30. The van der Waals surface area contributed by atoms with Gasteiger partial charge in [-0.05, 0) is 44.7 Å². The maximum Gasteiger partial charge on any atom is 0.224 e. The number of allylic oxidation sites excluding steroid dienone is 2. The molecule has 0 aromatic carbocycles. The zero-order valence-electron chi connectivity index (χ0n) is 12.2. The van der Waals surface area contributed by atoms with Gasteiger partial charge in [-0.15, -0.1) is 6.58 Å². The molecule has 0 aliphatic carbocycles. The van der Waals surface area contributed by atoms with Crippen LogP contribution < -0.4 is 5.73 Å². The summed E-state index contributed by atoms with van der Waals surface area (Å²) in [6.07, 6.45) is 4.77. The van der Waals surface area contributed by atoms with Crippen LogP contribution in [0.1, 0.15) is 43.4 Å². The maximum absolute atomic E-state index is 5.88. The number of ether oxygens (including phenoxy) is 1. The second-order valence-electron chi connectivity index (χ2n) is 4.78. The number of nitrogen functional groups attached to an aromatic ring is 1. The molecule has 2 N–H and O–H groups in total. The van der Waals surface area contributed by atoms with Gasteiger partial charge in [0.15, 0.2) is 0 Å². The van der Waals surface area contributed by atoms with Crippen molar-refractivity contribution in [2.75, 3.05) is 12.3 Å². The Morgan fingerprint density at radius 1 is 1.45 bits per heavy atom. The average molecular weight is 296 g/mol. The molecule has 1 aromatic rings. The molecule has 0 spiro atoms. The number of aromatic nitrogens is 2. The van der Waals surface area contributed by atoms with Crippen LogP contribution in [0.15, 0.2) is 25.0 Å². The SMILES string of the molecule is C=CC(CCCCOC(=C)C)c1nc(Cl)nc(N)c1C. The Labute approximate surface area is 125 Å². The molecule has 0 fully saturated rings. The molecule has 0 radical (unpaired) electrons. The number of hydrogen-bond acceptors (Lipinski definition) is 4. The van der Waals surface area contributed by atoms with E-state index in [2.05, 4.69) is 23.1 Å². The number of nitrogens with zero attached hydrogens (tertiary/aromatic N) is 2. The van der Waals surface area contributed by atoms with Crippen LogP contribution in [0.3, 0.4) is 0 Å². The normalized spacial score (nSPS) is 11.9. The van der Waals surface area contributed by atoms with Gasteiger partial charge in [0.05, 0.1) is 18.1 Å². The molecule has 0 bridgehead atoms. The highest BCUT2D eigenvalue weighted by atomic mass is 35.5. The Kier molecular flexibility index (Phi) is 6.52. The molecule has 1 rings (SSSR count). The number of unbranched alkanes of at least 4 members (excludes halogenated alkanes) is 1. The van der Waals surface area contributed by atoms with Crippen LogP contribution in [0.2, 0.25) is 5.28 Å². The van der Waals surface area contributed by atoms with Crippen LogP contribution >= 0.6 is 11.6 Å². The second-order valence-corrected chi connectivity index (χ2v) is 5.11. The molecule has 1 atom stereocenters. The Balaban J connectivity index is 2.63. The summed E-state index contributed by atoms with van der Waals surface area (Å²) in [5.41, 5.74) is 7.56. The topological polar surface area (TPSA) is 61.0 Å². The zero-order chi connectivity index (χ0) is 15.1. The number of hydrogen-bond donors (Lipinski definition) is 1. The van der Waals surface area contributed by atoms with Crippen molar-refractivity contribution in [3.63, 3.8) is 0 Å². The summed E-state index contributed by atoms with van der Waals surface area (Å²) < 4.78 is 5.34. The largest absolute Gasteiger partial charge is 0.499 e. The lowest BCUT2D eigenvalue weighted by Gasteiger charge is -2.15. The van der Waals surface area contributed by atoms with Crippen LogP contribution in [0, 0.1) is 6.92 Å². The molecule has 0 saturated heterocycles. The summed E-state index contributed by atoms with van der Waals surface area (Å²) in [5, 5.41) is 0.181. The van der Waals surface area contributed by atoms with Crippen molar-refractivity contribution in [2.24, 2.45) is 0 Å². The van der Waals surface area contributed by atoms with E-state index < -0.39 is 0 Å². The van der Waals surface area contributed by atoms with Crippen LogP contribution in [-0.2, 0) is 4.74 Å². The Bertz CT molecular complexity index is 488. The molecule has 0 aliphatic rings. The fraction of sp³-hybridized carbons (Fsp3) is 0.467. The van der Waals surface area contributed by atoms with Gasteiger partial charge in [-0.25, -0.2) is 9.97 Å². The van der Waals surface area contributed by atoms with Crippen molar-refractivity contribution in [2.45, 2.75) is 39.0 Å². The molecular weight excluding hydrogens is 274 g/mol. The fourth-order valence-electron chi connectivity index (χ4n) is 1.96. The van der Waals surface area contributed by atoms with E-state index in [1.807, 2.05) is 19.9 Å². The van der Waals surface area contributed by atoms with E-state index >= 15 is 0 Å². The predicted molar refractivity (Wildman–Crippen MR) is 83.7 cm³/mol. The highest BCUT2D eigenvalue weighted by molar-refractivity contribution is 6.28. The number of rotatable bonds is 8. The lowest BCUT2D eigenvalue weighted by atomic mass is 9.95. The first kappa shape index (κ1) is 16.5. The third-order valence-corrected chi connectivity index (χ3v) is 3.26. The van der Waals surface area contributed by atoms with Gasteiger partial charge in [0.1, 0.15) is 5.82 Å². The Morgan fingerprint density at radius 3 is 2.75 bits per heavy atom. The summed E-state index contributed by atoms with van der Waals surface area (Å²) in [6.45, 7) is 12.0. The zero-order valence-corrected chi connectivity index (χ0v) is 12.9. The molecule has 4 nitrogen and oxygen atoms in total. The van der Waals surface area contributed by atoms with Gasteiger partial charge in [0.25, 0.3) is 0 Å². The van der Waals surface area contributed by atoms with Gasteiger partial charge in [-0.2, -0.15) is 0 Å².